The molecule has 120 valence electrons. The second kappa shape index (κ2) is 6.01. The number of hydrogen-bond donors (Lipinski definition) is 0. The maximum Gasteiger partial charge on any atom is 0.494 e. The van der Waals surface area contributed by atoms with Crippen molar-refractivity contribution in [3.05, 3.63) is 48.5 Å². The van der Waals surface area contributed by atoms with Crippen LogP contribution >= 0.6 is 11.8 Å². The quantitative estimate of drug-likeness (QED) is 0.616. The van der Waals surface area contributed by atoms with Gasteiger partial charge in [-0.2, -0.15) is 0 Å². The molecule has 2 aromatic carbocycles. The summed E-state index contributed by atoms with van der Waals surface area (Å²) in [6.07, 6.45) is 2.09. The van der Waals surface area contributed by atoms with Crippen molar-refractivity contribution in [1.82, 2.24) is 0 Å². The van der Waals surface area contributed by atoms with E-state index in [1.807, 2.05) is 0 Å². The minimum atomic E-state index is -0.302. The van der Waals surface area contributed by atoms with E-state index in [1.165, 1.54) is 16.0 Å². The van der Waals surface area contributed by atoms with E-state index >= 15 is 0 Å². The number of hydrogen-bond acceptors (Lipinski definition) is 3. The van der Waals surface area contributed by atoms with Crippen LogP contribution in [0.3, 0.4) is 0 Å². The second-order valence-electron chi connectivity index (χ2n) is 6.94. The highest BCUT2D eigenvalue weighted by molar-refractivity contribution is 7.98. The number of benzene rings is 2. The van der Waals surface area contributed by atoms with Gasteiger partial charge in [0.15, 0.2) is 0 Å². The molecular weight excluding hydrogens is 303 g/mol. The van der Waals surface area contributed by atoms with Gasteiger partial charge in [0.2, 0.25) is 0 Å². The summed E-state index contributed by atoms with van der Waals surface area (Å²) in [5, 5.41) is 0. The molecule has 1 aliphatic rings. The maximum atomic E-state index is 6.10. The van der Waals surface area contributed by atoms with Crippen LogP contribution in [0.2, 0.25) is 0 Å². The van der Waals surface area contributed by atoms with Gasteiger partial charge in [0.1, 0.15) is 0 Å². The van der Waals surface area contributed by atoms with Crippen LogP contribution in [0.4, 0.5) is 0 Å². The molecule has 0 aliphatic carbocycles. The van der Waals surface area contributed by atoms with E-state index in [-0.39, 0.29) is 18.3 Å². The first kappa shape index (κ1) is 16.6. The van der Waals surface area contributed by atoms with Crippen molar-refractivity contribution in [2.75, 3.05) is 6.26 Å². The third kappa shape index (κ3) is 3.21. The third-order valence-corrected chi connectivity index (χ3v) is 5.60. The van der Waals surface area contributed by atoms with Crippen LogP contribution in [0.1, 0.15) is 27.7 Å². The molecule has 2 aromatic rings. The van der Waals surface area contributed by atoms with E-state index in [9.17, 15) is 0 Å². The zero-order chi connectivity index (χ0) is 16.7. The average molecular weight is 326 g/mol. The largest absolute Gasteiger partial charge is 0.494 e. The molecule has 0 saturated carbocycles. The van der Waals surface area contributed by atoms with Gasteiger partial charge in [0.05, 0.1) is 11.2 Å². The third-order valence-electron chi connectivity index (χ3n) is 4.86. The van der Waals surface area contributed by atoms with Gasteiger partial charge < -0.3 is 9.31 Å². The highest BCUT2D eigenvalue weighted by Crippen LogP contribution is 2.36. The minimum Gasteiger partial charge on any atom is -0.399 e. The Kier molecular flexibility index (Phi) is 4.34. The summed E-state index contributed by atoms with van der Waals surface area (Å²) >= 11 is 1.76. The molecular formula is C19H23BO2S. The summed E-state index contributed by atoms with van der Waals surface area (Å²) in [6.45, 7) is 8.31. The van der Waals surface area contributed by atoms with Crippen molar-refractivity contribution < 1.29 is 9.31 Å². The monoisotopic (exact) mass is 326 g/mol. The fourth-order valence-corrected chi connectivity index (χ4v) is 3.00. The highest BCUT2D eigenvalue weighted by atomic mass is 32.2. The predicted octanol–water partition coefficient (Wildman–Crippen LogP) is 4.37. The van der Waals surface area contributed by atoms with Crippen molar-refractivity contribution in [3.63, 3.8) is 0 Å². The normalized spacial score (nSPS) is 19.1. The maximum absolute atomic E-state index is 6.10. The van der Waals surface area contributed by atoms with Crippen LogP contribution in [0.5, 0.6) is 0 Å². The van der Waals surface area contributed by atoms with Gasteiger partial charge >= 0.3 is 7.12 Å². The van der Waals surface area contributed by atoms with E-state index in [4.69, 9.17) is 9.31 Å². The highest BCUT2D eigenvalue weighted by Gasteiger charge is 2.51. The van der Waals surface area contributed by atoms with Crippen molar-refractivity contribution in [2.24, 2.45) is 0 Å². The molecule has 1 saturated heterocycles. The lowest BCUT2D eigenvalue weighted by Gasteiger charge is -2.32. The molecule has 4 heteroatoms. The smallest absolute Gasteiger partial charge is 0.399 e. The summed E-state index contributed by atoms with van der Waals surface area (Å²) in [4.78, 5) is 1.28. The molecule has 0 atom stereocenters. The zero-order valence-corrected chi connectivity index (χ0v) is 15.2. The SMILES string of the molecule is CSc1ccc(-c2ccc(B3OC(C)(C)C(C)(C)O3)cc2)cc1. The predicted molar refractivity (Wildman–Crippen MR) is 99.4 cm³/mol. The molecule has 0 spiro atoms. The Morgan fingerprint density at radius 1 is 0.739 bits per heavy atom. The van der Waals surface area contributed by atoms with Gasteiger partial charge in [-0.1, -0.05) is 36.4 Å². The molecule has 1 heterocycles. The molecule has 3 rings (SSSR count). The fourth-order valence-electron chi connectivity index (χ4n) is 2.60. The summed E-state index contributed by atoms with van der Waals surface area (Å²) in [5.41, 5.74) is 2.89. The van der Waals surface area contributed by atoms with E-state index in [0.29, 0.717) is 0 Å². The van der Waals surface area contributed by atoms with Crippen molar-refractivity contribution >= 4 is 24.3 Å². The molecule has 0 amide bonds. The van der Waals surface area contributed by atoms with Crippen LogP contribution in [0.15, 0.2) is 53.4 Å². The molecule has 0 bridgehead atoms. The van der Waals surface area contributed by atoms with Crippen LogP contribution < -0.4 is 5.46 Å². The Bertz CT molecular complexity index is 662. The summed E-state index contributed by atoms with van der Waals surface area (Å²) in [6, 6.07) is 17.1. The topological polar surface area (TPSA) is 18.5 Å². The Morgan fingerprint density at radius 3 is 1.61 bits per heavy atom. The minimum absolute atomic E-state index is 0.298. The molecule has 23 heavy (non-hydrogen) atoms. The van der Waals surface area contributed by atoms with Gasteiger partial charge in [-0.25, -0.2) is 0 Å². The van der Waals surface area contributed by atoms with Gasteiger partial charge in [0.25, 0.3) is 0 Å². The molecule has 0 aromatic heterocycles. The summed E-state index contributed by atoms with van der Waals surface area (Å²) in [5.74, 6) is 0. The van der Waals surface area contributed by atoms with Gasteiger partial charge in [-0.3, -0.25) is 0 Å². The van der Waals surface area contributed by atoms with E-state index in [1.54, 1.807) is 11.8 Å². The number of thioether (sulfide) groups is 1. The molecule has 1 fully saturated rings. The molecule has 1 aliphatic heterocycles. The van der Waals surface area contributed by atoms with Crippen molar-refractivity contribution in [3.8, 4) is 11.1 Å². The molecule has 0 radical (unpaired) electrons. The van der Waals surface area contributed by atoms with Crippen molar-refractivity contribution in [2.45, 2.75) is 43.8 Å². The van der Waals surface area contributed by atoms with Crippen LogP contribution in [-0.4, -0.2) is 24.6 Å². The summed E-state index contributed by atoms with van der Waals surface area (Å²) in [7, 11) is -0.298. The van der Waals surface area contributed by atoms with Gasteiger partial charge in [-0.15, -0.1) is 11.8 Å². The zero-order valence-electron chi connectivity index (χ0n) is 14.4. The first-order valence-corrected chi connectivity index (χ1v) is 9.15. The average Bonchev–Trinajstić information content (AvgIpc) is 2.76. The van der Waals surface area contributed by atoms with E-state index < -0.39 is 0 Å². The lowest BCUT2D eigenvalue weighted by molar-refractivity contribution is 0.00578. The lowest BCUT2D eigenvalue weighted by Crippen LogP contribution is -2.41. The first-order valence-electron chi connectivity index (χ1n) is 7.92. The first-order chi connectivity index (χ1) is 10.8. The lowest BCUT2D eigenvalue weighted by atomic mass is 9.78. The standard InChI is InChI=1S/C19H23BO2S/c1-18(2)19(3,4)22-20(21-18)16-10-6-14(7-11-16)15-8-12-17(23-5)13-9-15/h6-13H,1-5H3. The van der Waals surface area contributed by atoms with Crippen molar-refractivity contribution in [1.29, 1.82) is 0 Å². The van der Waals surface area contributed by atoms with Crippen LogP contribution in [0.25, 0.3) is 11.1 Å². The number of rotatable bonds is 3. The van der Waals surface area contributed by atoms with Crippen LogP contribution in [0, 0.1) is 0 Å². The molecule has 2 nitrogen and oxygen atoms in total. The Morgan fingerprint density at radius 2 is 1.17 bits per heavy atom. The van der Waals surface area contributed by atoms with Gasteiger partial charge in [0, 0.05) is 4.90 Å². The molecule has 0 unspecified atom stereocenters. The van der Waals surface area contributed by atoms with Gasteiger partial charge in [-0.05, 0) is 62.7 Å². The fraction of sp³-hybridized carbons (Fsp3) is 0.368. The Labute approximate surface area is 143 Å². The Hall–Kier alpha value is -1.23. The van der Waals surface area contributed by atoms with E-state index in [0.717, 1.165) is 5.46 Å². The summed E-state index contributed by atoms with van der Waals surface area (Å²) < 4.78 is 12.2. The second-order valence-corrected chi connectivity index (χ2v) is 7.82. The van der Waals surface area contributed by atoms with Crippen LogP contribution in [-0.2, 0) is 9.31 Å². The molecule has 0 N–H and O–H groups in total. The Balaban J connectivity index is 1.80. The van der Waals surface area contributed by atoms with E-state index in [2.05, 4.69) is 82.5 Å².